The van der Waals surface area contributed by atoms with Crippen molar-refractivity contribution in [1.29, 1.82) is 0 Å². The monoisotopic (exact) mass is 342 g/mol. The predicted octanol–water partition coefficient (Wildman–Crippen LogP) is 6.07. The zero-order valence-electron chi connectivity index (χ0n) is 10.8. The van der Waals surface area contributed by atoms with Crippen molar-refractivity contribution in [3.05, 3.63) is 55.7 Å². The van der Waals surface area contributed by atoms with Gasteiger partial charge in [0.15, 0.2) is 0 Å². The van der Waals surface area contributed by atoms with E-state index in [9.17, 15) is 0 Å². The molecule has 0 saturated carbocycles. The first-order chi connectivity index (χ1) is 8.54. The highest BCUT2D eigenvalue weighted by Crippen LogP contribution is 2.39. The first kappa shape index (κ1) is 14.1. The van der Waals surface area contributed by atoms with Crippen molar-refractivity contribution in [2.24, 2.45) is 0 Å². The number of hydrogen-bond acceptors (Lipinski definition) is 1. The average molecular weight is 344 g/mol. The number of rotatable bonds is 3. The second-order valence-electron chi connectivity index (χ2n) is 4.48. The van der Waals surface area contributed by atoms with E-state index in [1.54, 1.807) is 0 Å². The summed E-state index contributed by atoms with van der Waals surface area (Å²) < 4.78 is 0. The number of halogens is 2. The highest BCUT2D eigenvalue weighted by molar-refractivity contribution is 9.09. The Balaban J connectivity index is 2.46. The molecule has 18 heavy (non-hydrogen) atoms. The van der Waals surface area contributed by atoms with E-state index in [0.29, 0.717) is 0 Å². The topological polar surface area (TPSA) is 0 Å². The fraction of sp³-hybridized carbons (Fsp3) is 0.333. The Kier molecular flexibility index (Phi) is 4.52. The maximum absolute atomic E-state index is 6.16. The Labute approximate surface area is 126 Å². The molecular weight excluding hydrogens is 328 g/mol. The molecule has 0 spiro atoms. The summed E-state index contributed by atoms with van der Waals surface area (Å²) in [6, 6.07) is 6.46. The molecule has 0 N–H and O–H groups in total. The molecule has 0 nitrogen and oxygen atoms in total. The maximum atomic E-state index is 6.16. The Morgan fingerprint density at radius 1 is 1.28 bits per heavy atom. The molecule has 0 bridgehead atoms. The molecule has 1 unspecified atom stereocenters. The third kappa shape index (κ3) is 2.66. The summed E-state index contributed by atoms with van der Waals surface area (Å²) in [5, 5.41) is 3.01. The number of hydrogen-bond donors (Lipinski definition) is 0. The van der Waals surface area contributed by atoms with Gasteiger partial charge in [-0.1, -0.05) is 40.5 Å². The fourth-order valence-corrected chi connectivity index (χ4v) is 4.40. The summed E-state index contributed by atoms with van der Waals surface area (Å²) >= 11 is 11.8. The molecule has 0 saturated heterocycles. The second kappa shape index (κ2) is 5.77. The summed E-state index contributed by atoms with van der Waals surface area (Å²) in [6.07, 6.45) is 1.08. The molecule has 0 aliphatic heterocycles. The van der Waals surface area contributed by atoms with Gasteiger partial charge in [-0.15, -0.1) is 11.3 Å². The van der Waals surface area contributed by atoms with Crippen molar-refractivity contribution < 1.29 is 0 Å². The molecule has 2 rings (SSSR count). The largest absolute Gasteiger partial charge is 0.147 e. The number of aryl methyl sites for hydroxylation is 3. The van der Waals surface area contributed by atoms with Crippen LogP contribution in [0.5, 0.6) is 0 Å². The van der Waals surface area contributed by atoms with E-state index in [1.165, 1.54) is 21.6 Å². The summed E-state index contributed by atoms with van der Waals surface area (Å²) in [7, 11) is 0. The molecule has 0 amide bonds. The molecule has 2 aromatic rings. The van der Waals surface area contributed by atoms with Gasteiger partial charge in [0.05, 0.1) is 4.83 Å². The van der Waals surface area contributed by atoms with E-state index in [4.69, 9.17) is 11.6 Å². The normalized spacial score (nSPS) is 12.7. The van der Waals surface area contributed by atoms with Gasteiger partial charge in [-0.2, -0.15) is 0 Å². The first-order valence-electron chi connectivity index (χ1n) is 6.01. The van der Waals surface area contributed by atoms with Gasteiger partial charge < -0.3 is 0 Å². The molecule has 3 heteroatoms. The van der Waals surface area contributed by atoms with E-state index in [0.717, 1.165) is 17.0 Å². The Bertz CT molecular complexity index is 560. The highest BCUT2D eigenvalue weighted by Gasteiger charge is 2.18. The lowest BCUT2D eigenvalue weighted by atomic mass is 10.00. The van der Waals surface area contributed by atoms with Crippen molar-refractivity contribution in [3.63, 3.8) is 0 Å². The van der Waals surface area contributed by atoms with E-state index in [2.05, 4.69) is 60.3 Å². The SMILES string of the molecule is CCc1ccsc1C(Br)c1cc(C)c(Cl)cc1C. The summed E-state index contributed by atoms with van der Waals surface area (Å²) in [5.41, 5.74) is 5.11. The molecule has 0 radical (unpaired) electrons. The zero-order valence-corrected chi connectivity index (χ0v) is 13.9. The zero-order chi connectivity index (χ0) is 13.3. The molecule has 0 aliphatic carbocycles. The first-order valence-corrected chi connectivity index (χ1v) is 8.19. The third-order valence-corrected chi connectivity index (χ3v) is 5.90. The minimum Gasteiger partial charge on any atom is -0.147 e. The minimum atomic E-state index is 0.267. The van der Waals surface area contributed by atoms with Gasteiger partial charge in [-0.3, -0.25) is 0 Å². The van der Waals surface area contributed by atoms with E-state index in [1.807, 2.05) is 11.3 Å². The van der Waals surface area contributed by atoms with Crippen LogP contribution in [0.3, 0.4) is 0 Å². The van der Waals surface area contributed by atoms with Gasteiger partial charge in [-0.25, -0.2) is 0 Å². The van der Waals surface area contributed by atoms with Crippen LogP contribution in [0.4, 0.5) is 0 Å². The highest BCUT2D eigenvalue weighted by atomic mass is 79.9. The van der Waals surface area contributed by atoms with Crippen LogP contribution in [-0.2, 0) is 6.42 Å². The average Bonchev–Trinajstić information content (AvgIpc) is 2.81. The summed E-state index contributed by atoms with van der Waals surface area (Å²) in [5.74, 6) is 0. The fourth-order valence-electron chi connectivity index (χ4n) is 2.08. The van der Waals surface area contributed by atoms with Gasteiger partial charge in [0.2, 0.25) is 0 Å². The molecule has 1 aromatic carbocycles. The lowest BCUT2D eigenvalue weighted by Gasteiger charge is -2.15. The Morgan fingerprint density at radius 3 is 2.67 bits per heavy atom. The van der Waals surface area contributed by atoms with Gasteiger partial charge >= 0.3 is 0 Å². The predicted molar refractivity (Wildman–Crippen MR) is 85.4 cm³/mol. The number of thiophene rings is 1. The van der Waals surface area contributed by atoms with Crippen LogP contribution in [0.25, 0.3) is 0 Å². The quantitative estimate of drug-likeness (QED) is 0.594. The number of benzene rings is 1. The van der Waals surface area contributed by atoms with Crippen molar-refractivity contribution in [1.82, 2.24) is 0 Å². The van der Waals surface area contributed by atoms with Crippen molar-refractivity contribution in [2.75, 3.05) is 0 Å². The molecule has 0 fully saturated rings. The summed E-state index contributed by atoms with van der Waals surface area (Å²) in [6.45, 7) is 6.37. The molecule has 0 aliphatic rings. The van der Waals surface area contributed by atoms with Crippen LogP contribution in [0.2, 0.25) is 5.02 Å². The smallest absolute Gasteiger partial charge is 0.0743 e. The third-order valence-electron chi connectivity index (χ3n) is 3.21. The van der Waals surface area contributed by atoms with Crippen LogP contribution < -0.4 is 0 Å². The Morgan fingerprint density at radius 2 is 2.00 bits per heavy atom. The minimum absolute atomic E-state index is 0.267. The number of alkyl halides is 1. The second-order valence-corrected chi connectivity index (χ2v) is 6.75. The van der Waals surface area contributed by atoms with Crippen molar-refractivity contribution >= 4 is 38.9 Å². The van der Waals surface area contributed by atoms with Gasteiger partial charge in [-0.05, 0) is 60.0 Å². The van der Waals surface area contributed by atoms with Gasteiger partial charge in [0, 0.05) is 9.90 Å². The van der Waals surface area contributed by atoms with E-state index >= 15 is 0 Å². The van der Waals surface area contributed by atoms with Crippen LogP contribution in [0, 0.1) is 13.8 Å². The van der Waals surface area contributed by atoms with Gasteiger partial charge in [0.1, 0.15) is 0 Å². The molecule has 96 valence electrons. The Hall–Kier alpha value is -0.310. The van der Waals surface area contributed by atoms with Crippen LogP contribution in [-0.4, -0.2) is 0 Å². The van der Waals surface area contributed by atoms with E-state index < -0.39 is 0 Å². The van der Waals surface area contributed by atoms with Gasteiger partial charge in [0.25, 0.3) is 0 Å². The lowest BCUT2D eigenvalue weighted by molar-refractivity contribution is 1.08. The standard InChI is InChI=1S/C15H16BrClS/c1-4-11-5-6-18-15(11)14(16)12-7-10(3)13(17)8-9(12)2/h5-8,14H,4H2,1-3H3. The molecule has 1 heterocycles. The molecular formula is C15H16BrClS. The maximum Gasteiger partial charge on any atom is 0.0743 e. The van der Waals surface area contributed by atoms with Crippen LogP contribution in [0.15, 0.2) is 23.6 Å². The van der Waals surface area contributed by atoms with Crippen molar-refractivity contribution in [2.45, 2.75) is 32.0 Å². The lowest BCUT2D eigenvalue weighted by Crippen LogP contribution is -1.97. The molecule has 1 aromatic heterocycles. The van der Waals surface area contributed by atoms with Crippen LogP contribution in [0.1, 0.15) is 38.9 Å². The summed E-state index contributed by atoms with van der Waals surface area (Å²) in [4.78, 5) is 1.67. The van der Waals surface area contributed by atoms with E-state index in [-0.39, 0.29) is 4.83 Å². The van der Waals surface area contributed by atoms with Crippen LogP contribution >= 0.6 is 38.9 Å². The molecule has 1 atom stereocenters. The van der Waals surface area contributed by atoms with Crippen molar-refractivity contribution in [3.8, 4) is 0 Å².